The lowest BCUT2D eigenvalue weighted by Crippen LogP contribution is -2.25. The van der Waals surface area contributed by atoms with Crippen LogP contribution >= 0.6 is 15.9 Å². The van der Waals surface area contributed by atoms with Crippen LogP contribution in [0.4, 0.5) is 0 Å². The van der Waals surface area contributed by atoms with E-state index in [1.165, 1.54) is 0 Å². The molecule has 0 saturated heterocycles. The van der Waals surface area contributed by atoms with Crippen LogP contribution in [0.15, 0.2) is 28.7 Å². The van der Waals surface area contributed by atoms with E-state index in [4.69, 9.17) is 5.73 Å². The van der Waals surface area contributed by atoms with Gasteiger partial charge in [-0.1, -0.05) is 35.0 Å². The van der Waals surface area contributed by atoms with Crippen LogP contribution in [0, 0.1) is 11.3 Å². The number of halogens is 1. The minimum Gasteiger partial charge on any atom is -0.388 e. The summed E-state index contributed by atoms with van der Waals surface area (Å²) < 4.78 is 1.000. The summed E-state index contributed by atoms with van der Waals surface area (Å²) in [4.78, 5) is 0. The smallest absolute Gasteiger partial charge is 0.0861 e. The molecule has 2 nitrogen and oxygen atoms in total. The van der Waals surface area contributed by atoms with E-state index in [9.17, 15) is 5.11 Å². The topological polar surface area (TPSA) is 46.2 Å². The maximum Gasteiger partial charge on any atom is 0.0861 e. The zero-order valence-electron chi connectivity index (χ0n) is 8.78. The normalized spacial score (nSPS) is 31.3. The number of aliphatic hydroxyl groups is 1. The second kappa shape index (κ2) is 3.89. The van der Waals surface area contributed by atoms with Crippen LogP contribution in [0.3, 0.4) is 0 Å². The lowest BCUT2D eigenvalue weighted by molar-refractivity contribution is 0.0888. The maximum absolute atomic E-state index is 10.3. The summed E-state index contributed by atoms with van der Waals surface area (Å²) in [6, 6.07) is 7.83. The molecule has 2 rings (SSSR count). The predicted molar refractivity (Wildman–Crippen MR) is 64.4 cm³/mol. The summed E-state index contributed by atoms with van der Waals surface area (Å²) >= 11 is 3.41. The first-order valence-electron chi connectivity index (χ1n) is 5.24. The van der Waals surface area contributed by atoms with E-state index in [0.29, 0.717) is 12.5 Å². The Morgan fingerprint density at radius 1 is 1.67 bits per heavy atom. The summed E-state index contributed by atoms with van der Waals surface area (Å²) in [6.45, 7) is 2.70. The third-order valence-electron chi connectivity index (χ3n) is 3.60. The van der Waals surface area contributed by atoms with Crippen molar-refractivity contribution in [3.05, 3.63) is 34.3 Å². The van der Waals surface area contributed by atoms with Crippen LogP contribution < -0.4 is 5.73 Å². The van der Waals surface area contributed by atoms with E-state index >= 15 is 0 Å². The molecule has 3 heteroatoms. The number of aliphatic hydroxyl groups excluding tert-OH is 1. The molecule has 0 aromatic heterocycles. The van der Waals surface area contributed by atoms with Gasteiger partial charge in [-0.15, -0.1) is 0 Å². The van der Waals surface area contributed by atoms with Crippen molar-refractivity contribution in [1.82, 2.24) is 0 Å². The van der Waals surface area contributed by atoms with Crippen molar-refractivity contribution in [2.45, 2.75) is 19.4 Å². The van der Waals surface area contributed by atoms with E-state index in [1.807, 2.05) is 24.3 Å². The monoisotopic (exact) mass is 269 g/mol. The van der Waals surface area contributed by atoms with Gasteiger partial charge in [0.25, 0.3) is 0 Å². The number of hydrogen-bond acceptors (Lipinski definition) is 2. The van der Waals surface area contributed by atoms with Crippen molar-refractivity contribution in [2.75, 3.05) is 6.54 Å². The van der Waals surface area contributed by atoms with Gasteiger partial charge < -0.3 is 10.8 Å². The molecule has 1 aliphatic carbocycles. The van der Waals surface area contributed by atoms with E-state index < -0.39 is 6.10 Å². The molecule has 1 aromatic carbocycles. The molecule has 0 aliphatic heterocycles. The zero-order valence-corrected chi connectivity index (χ0v) is 10.4. The average Bonchev–Trinajstić information content (AvgIpc) is 2.90. The largest absolute Gasteiger partial charge is 0.388 e. The Morgan fingerprint density at radius 2 is 2.33 bits per heavy atom. The summed E-state index contributed by atoms with van der Waals surface area (Å²) in [6.07, 6.45) is 0.590. The number of hydrogen-bond donors (Lipinski definition) is 2. The molecule has 0 radical (unpaired) electrons. The Labute approximate surface area is 98.6 Å². The fraction of sp³-hybridized carbons (Fsp3) is 0.500. The Hall–Kier alpha value is -0.380. The van der Waals surface area contributed by atoms with Gasteiger partial charge in [0.05, 0.1) is 6.10 Å². The van der Waals surface area contributed by atoms with Crippen LogP contribution in [-0.2, 0) is 0 Å². The summed E-state index contributed by atoms with van der Waals surface area (Å²) in [5.74, 6) is 0.525. The summed E-state index contributed by atoms with van der Waals surface area (Å²) in [7, 11) is 0. The van der Waals surface area contributed by atoms with Crippen molar-refractivity contribution in [1.29, 1.82) is 0 Å². The Morgan fingerprint density at radius 3 is 2.80 bits per heavy atom. The molecule has 0 bridgehead atoms. The number of nitrogens with two attached hydrogens (primary N) is 1. The van der Waals surface area contributed by atoms with Crippen molar-refractivity contribution in [2.24, 2.45) is 17.1 Å². The molecule has 82 valence electrons. The lowest BCUT2D eigenvalue weighted by atomic mass is 9.91. The van der Waals surface area contributed by atoms with E-state index in [1.54, 1.807) is 0 Å². The van der Waals surface area contributed by atoms with Gasteiger partial charge >= 0.3 is 0 Å². The molecule has 3 atom stereocenters. The predicted octanol–water partition coefficient (Wildman–Crippen LogP) is 2.47. The summed E-state index contributed by atoms with van der Waals surface area (Å²) in [5, 5.41) is 10.3. The number of rotatable bonds is 3. The highest BCUT2D eigenvalue weighted by atomic mass is 79.9. The molecule has 3 N–H and O–H groups in total. The fourth-order valence-corrected chi connectivity index (χ4v) is 2.71. The highest BCUT2D eigenvalue weighted by molar-refractivity contribution is 9.10. The van der Waals surface area contributed by atoms with Gasteiger partial charge in [-0.3, -0.25) is 0 Å². The van der Waals surface area contributed by atoms with Gasteiger partial charge in [-0.25, -0.2) is 0 Å². The molecule has 15 heavy (non-hydrogen) atoms. The lowest BCUT2D eigenvalue weighted by Gasteiger charge is -2.22. The number of benzene rings is 1. The Balaban J connectivity index is 2.25. The molecule has 1 fully saturated rings. The third-order valence-corrected chi connectivity index (χ3v) is 4.09. The third kappa shape index (κ3) is 1.84. The van der Waals surface area contributed by atoms with Gasteiger partial charge in [0.2, 0.25) is 0 Å². The second-order valence-corrected chi connectivity index (χ2v) is 5.42. The van der Waals surface area contributed by atoms with Crippen LogP contribution in [0.25, 0.3) is 0 Å². The van der Waals surface area contributed by atoms with Gasteiger partial charge in [0.15, 0.2) is 0 Å². The minimum absolute atomic E-state index is 0.0825. The van der Waals surface area contributed by atoms with Crippen LogP contribution in [0.2, 0.25) is 0 Å². The fourth-order valence-electron chi connectivity index (χ4n) is 2.30. The molecule has 0 heterocycles. The standard InChI is InChI=1S/C12H16BrNO/c1-8-6-12(8,7-14)11(15)9-3-2-4-10(13)5-9/h2-5,8,11,15H,6-7,14H2,1H3/t8-,11+,12-/m1/s1. The molecule has 1 aromatic rings. The Bertz CT molecular complexity index is 364. The van der Waals surface area contributed by atoms with E-state index in [2.05, 4.69) is 22.9 Å². The first-order valence-corrected chi connectivity index (χ1v) is 6.03. The first-order chi connectivity index (χ1) is 7.10. The van der Waals surface area contributed by atoms with E-state index in [-0.39, 0.29) is 5.41 Å². The van der Waals surface area contributed by atoms with Gasteiger partial charge in [-0.05, 0) is 30.0 Å². The molecule has 0 amide bonds. The van der Waals surface area contributed by atoms with E-state index in [0.717, 1.165) is 16.5 Å². The highest BCUT2D eigenvalue weighted by Crippen LogP contribution is 2.59. The molecular formula is C12H16BrNO. The summed E-state index contributed by atoms with van der Waals surface area (Å²) in [5.41, 5.74) is 6.64. The molecule has 0 spiro atoms. The SMILES string of the molecule is C[C@@H]1C[C@]1(CN)[C@@H](O)c1cccc(Br)c1. The molecular weight excluding hydrogens is 254 g/mol. The second-order valence-electron chi connectivity index (χ2n) is 4.50. The molecule has 0 unspecified atom stereocenters. The molecule has 1 aliphatic rings. The molecule has 1 saturated carbocycles. The highest BCUT2D eigenvalue weighted by Gasteiger charge is 2.55. The van der Waals surface area contributed by atoms with Gasteiger partial charge in [-0.2, -0.15) is 0 Å². The maximum atomic E-state index is 10.3. The average molecular weight is 270 g/mol. The van der Waals surface area contributed by atoms with Gasteiger partial charge in [0, 0.05) is 16.4 Å². The van der Waals surface area contributed by atoms with Crippen molar-refractivity contribution < 1.29 is 5.11 Å². The van der Waals surface area contributed by atoms with Crippen LogP contribution in [0.5, 0.6) is 0 Å². The quantitative estimate of drug-likeness (QED) is 0.886. The Kier molecular flexibility index (Phi) is 2.88. The van der Waals surface area contributed by atoms with Crippen LogP contribution in [0.1, 0.15) is 25.0 Å². The van der Waals surface area contributed by atoms with Gasteiger partial charge in [0.1, 0.15) is 0 Å². The first kappa shape index (κ1) is 11.1. The van der Waals surface area contributed by atoms with Crippen LogP contribution in [-0.4, -0.2) is 11.7 Å². The van der Waals surface area contributed by atoms with Crippen molar-refractivity contribution in [3.63, 3.8) is 0 Å². The zero-order chi connectivity index (χ0) is 11.1. The minimum atomic E-state index is -0.435. The van der Waals surface area contributed by atoms with Crippen molar-refractivity contribution in [3.8, 4) is 0 Å². The van der Waals surface area contributed by atoms with Crippen molar-refractivity contribution >= 4 is 15.9 Å².